The van der Waals surface area contributed by atoms with Gasteiger partial charge in [-0.25, -0.2) is 13.4 Å². The van der Waals surface area contributed by atoms with E-state index in [1.807, 2.05) is 0 Å². The van der Waals surface area contributed by atoms with Gasteiger partial charge in [0.25, 0.3) is 0 Å². The molecule has 0 radical (unpaired) electrons. The van der Waals surface area contributed by atoms with Gasteiger partial charge in [0, 0.05) is 46.2 Å². The number of nitrogens with zero attached hydrogens (tertiary/aromatic N) is 2. The van der Waals surface area contributed by atoms with E-state index < -0.39 is 16.3 Å². The molecule has 15 heteroatoms. The summed E-state index contributed by atoms with van der Waals surface area (Å²) < 4.78 is 35.9. The summed E-state index contributed by atoms with van der Waals surface area (Å²) in [7, 11) is -1.12. The van der Waals surface area contributed by atoms with Gasteiger partial charge < -0.3 is 35.6 Å². The smallest absolute Gasteiger partial charge is 0.217 e. The quantitative estimate of drug-likeness (QED) is 0.113. The first-order valence-corrected chi connectivity index (χ1v) is 8.66. The number of hydrogen-bond acceptors (Lipinski definition) is 10. The minimum Gasteiger partial charge on any atom is -2.00 e. The van der Waals surface area contributed by atoms with Crippen LogP contribution in [0.2, 0.25) is 0 Å². The van der Waals surface area contributed by atoms with E-state index in [-0.39, 0.29) is 37.8 Å². The number of aromatic nitrogens is 1. The third kappa shape index (κ3) is 16.0. The van der Waals surface area contributed by atoms with Crippen LogP contribution < -0.4 is 19.9 Å². The van der Waals surface area contributed by atoms with Crippen molar-refractivity contribution in [1.82, 2.24) is 0 Å². The topological polar surface area (TPSA) is 238 Å². The first-order chi connectivity index (χ1) is 13.3. The third-order valence-electron chi connectivity index (χ3n) is 2.74. The van der Waals surface area contributed by atoms with Crippen molar-refractivity contribution in [1.29, 1.82) is 0 Å². The average molecular weight is 541 g/mol. The van der Waals surface area contributed by atoms with Crippen molar-refractivity contribution in [2.75, 3.05) is 21.3 Å². The molecule has 13 nitrogen and oxygen atoms in total. The molecule has 2 rings (SSSR count). The fourth-order valence-electron chi connectivity index (χ4n) is 1.48. The molecule has 0 aliphatic rings. The zero-order valence-corrected chi connectivity index (χ0v) is 19.3. The van der Waals surface area contributed by atoms with Gasteiger partial charge in [-0.05, 0) is 23.3 Å². The monoisotopic (exact) mass is 543 g/mol. The SMILES string of the molecule is CO.COS(=O)(=O)[O-].COc1ccc(/C=N/N=C(\[O-])c2cc[nH+]cc2)c([O-])c1.[Mo].[O-2].[O-2]. The van der Waals surface area contributed by atoms with Crippen molar-refractivity contribution in [3.8, 4) is 11.5 Å². The number of nitrogens with one attached hydrogen (secondary N) is 1. The van der Waals surface area contributed by atoms with Gasteiger partial charge in [0.1, 0.15) is 5.75 Å². The summed E-state index contributed by atoms with van der Waals surface area (Å²) in [5.74, 6) is -0.248. The Hall–Kier alpha value is -2.45. The number of H-pyrrole nitrogens is 1. The minimum absolute atomic E-state index is 0. The van der Waals surface area contributed by atoms with Gasteiger partial charge in [0.2, 0.25) is 10.4 Å². The molecule has 1 aromatic heterocycles. The van der Waals surface area contributed by atoms with Crippen molar-refractivity contribution >= 4 is 22.5 Å². The van der Waals surface area contributed by atoms with Gasteiger partial charge in [-0.1, -0.05) is 11.8 Å². The van der Waals surface area contributed by atoms with Crippen LogP contribution in [0, 0.1) is 0 Å². The van der Waals surface area contributed by atoms with Crippen LogP contribution in [0.5, 0.6) is 11.5 Å². The van der Waals surface area contributed by atoms with Crippen LogP contribution in [-0.4, -0.2) is 51.5 Å². The maximum atomic E-state index is 11.6. The van der Waals surface area contributed by atoms with Crippen molar-refractivity contribution < 1.29 is 74.2 Å². The molecule has 0 saturated carbocycles. The molecular weight excluding hydrogens is 522 g/mol. The van der Waals surface area contributed by atoms with Crippen LogP contribution in [0.4, 0.5) is 0 Å². The number of benzene rings is 1. The molecule has 0 spiro atoms. The molecule has 0 unspecified atom stereocenters. The molecule has 0 atom stereocenters. The summed E-state index contributed by atoms with van der Waals surface area (Å²) in [6.07, 6.45) is 4.48. The van der Waals surface area contributed by atoms with Gasteiger partial charge in [-0.3, -0.25) is 4.18 Å². The van der Waals surface area contributed by atoms with Gasteiger partial charge in [-0.2, -0.15) is 10.2 Å². The number of pyridine rings is 1. The molecule has 0 saturated heterocycles. The van der Waals surface area contributed by atoms with Crippen LogP contribution in [0.3, 0.4) is 0 Å². The Kier molecular flexibility index (Phi) is 22.6. The molecule has 0 fully saturated rings. The summed E-state index contributed by atoms with van der Waals surface area (Å²) in [5.41, 5.74) is 0.752. The Labute approximate surface area is 193 Å². The maximum absolute atomic E-state index is 11.6. The summed E-state index contributed by atoms with van der Waals surface area (Å²) in [4.78, 5) is 2.80. The largest absolute Gasteiger partial charge is 2.00 e. The van der Waals surface area contributed by atoms with E-state index in [0.29, 0.717) is 16.9 Å². The zero-order valence-electron chi connectivity index (χ0n) is 16.5. The molecule has 0 aliphatic carbocycles. The third-order valence-corrected chi connectivity index (χ3v) is 3.14. The Morgan fingerprint density at radius 3 is 2.06 bits per heavy atom. The first kappa shape index (κ1) is 36.0. The first-order valence-electron chi connectivity index (χ1n) is 7.32. The van der Waals surface area contributed by atoms with E-state index in [1.165, 1.54) is 19.4 Å². The molecule has 1 aromatic carbocycles. The van der Waals surface area contributed by atoms with E-state index in [4.69, 9.17) is 9.84 Å². The second-order valence-corrected chi connectivity index (χ2v) is 5.57. The average Bonchev–Trinajstić information content (AvgIpc) is 2.71. The zero-order chi connectivity index (χ0) is 21.6. The summed E-state index contributed by atoms with van der Waals surface area (Å²) >= 11 is 0. The molecule has 2 aromatic rings. The van der Waals surface area contributed by atoms with Crippen molar-refractivity contribution in [2.24, 2.45) is 10.2 Å². The summed E-state index contributed by atoms with van der Waals surface area (Å²) in [5, 5.41) is 37.4. The van der Waals surface area contributed by atoms with E-state index in [1.54, 1.807) is 36.7 Å². The standard InChI is InChI=1S/C14H13N3O3.CH4O4S.CH4O.Mo.2O/c1-20-12-3-2-11(13(18)8-12)9-16-17-14(19)10-4-6-15-7-5-10;1-5-6(2,3)4;1-2;;;/h2-9,18H,1H3,(H,17,19);1H3,(H,2,3,4);2H,1H3;;;/q;;;;2*-2/p-2/b16-9+;;;;;. The van der Waals surface area contributed by atoms with E-state index in [9.17, 15) is 23.2 Å². The number of aliphatic hydroxyl groups excluding tert-OH is 1. The molecular formula is C16H19MoN3O10S-6. The fraction of sp³-hybridized carbons (Fsp3) is 0.188. The Balaban J connectivity index is -0.000000289. The maximum Gasteiger partial charge on any atom is 0.217 e. The van der Waals surface area contributed by atoms with Crippen LogP contribution in [-0.2, 0) is 46.6 Å². The van der Waals surface area contributed by atoms with Gasteiger partial charge in [0.05, 0.1) is 20.4 Å². The molecule has 176 valence electrons. The Morgan fingerprint density at radius 2 is 1.65 bits per heavy atom. The molecule has 2 N–H and O–H groups in total. The van der Waals surface area contributed by atoms with Crippen molar-refractivity contribution in [3.05, 3.63) is 53.9 Å². The van der Waals surface area contributed by atoms with Gasteiger partial charge >= 0.3 is 0 Å². The number of ether oxygens (including phenoxy) is 1. The van der Waals surface area contributed by atoms with E-state index in [2.05, 4.69) is 19.4 Å². The molecule has 31 heavy (non-hydrogen) atoms. The Bertz CT molecular complexity index is 880. The summed E-state index contributed by atoms with van der Waals surface area (Å²) in [6, 6.07) is 7.72. The van der Waals surface area contributed by atoms with Crippen LogP contribution in [0.25, 0.3) is 0 Å². The fourth-order valence-corrected chi connectivity index (χ4v) is 1.48. The number of aliphatic hydroxyl groups is 1. The second-order valence-electron chi connectivity index (χ2n) is 4.42. The van der Waals surface area contributed by atoms with Crippen LogP contribution in [0.1, 0.15) is 11.1 Å². The second kappa shape index (κ2) is 19.5. The number of aromatic amines is 1. The number of hydrogen-bond donors (Lipinski definition) is 1. The minimum atomic E-state index is -4.41. The van der Waals surface area contributed by atoms with E-state index in [0.717, 1.165) is 14.2 Å². The summed E-state index contributed by atoms with van der Waals surface area (Å²) in [6.45, 7) is 0. The van der Waals surface area contributed by atoms with Gasteiger partial charge in [-0.15, -0.1) is 0 Å². The van der Waals surface area contributed by atoms with E-state index >= 15 is 0 Å². The number of rotatable bonds is 5. The van der Waals surface area contributed by atoms with Gasteiger partial charge in [0.15, 0.2) is 12.4 Å². The predicted octanol–water partition coefficient (Wildman–Crippen LogP) is -1.81. The van der Waals surface area contributed by atoms with Crippen molar-refractivity contribution in [2.45, 2.75) is 0 Å². The molecule has 1 heterocycles. The Morgan fingerprint density at radius 1 is 1.13 bits per heavy atom. The number of methoxy groups -OCH3 is 1. The molecule has 0 bridgehead atoms. The van der Waals surface area contributed by atoms with Crippen molar-refractivity contribution in [3.63, 3.8) is 0 Å². The van der Waals surface area contributed by atoms with Crippen LogP contribution in [0.15, 0.2) is 52.9 Å². The molecule has 0 amide bonds. The molecule has 0 aliphatic heterocycles. The predicted molar refractivity (Wildman–Crippen MR) is 95.8 cm³/mol. The normalized spacial score (nSPS) is 10.0. The van der Waals surface area contributed by atoms with Crippen LogP contribution >= 0.6 is 0 Å².